The Kier molecular flexibility index (Phi) is 7.49. The monoisotopic (exact) mass is 373 g/mol. The molecule has 6 heteroatoms. The van der Waals surface area contributed by atoms with E-state index in [1.807, 2.05) is 32.2 Å². The molecule has 0 radical (unpaired) electrons. The van der Waals surface area contributed by atoms with E-state index in [9.17, 15) is 4.79 Å². The van der Waals surface area contributed by atoms with Crippen LogP contribution in [0, 0.1) is 0 Å². The molecule has 0 heterocycles. The molecule has 2 aromatic carbocycles. The lowest BCUT2D eigenvalue weighted by Gasteiger charge is -2.22. The zero-order chi connectivity index (χ0) is 19.8. The van der Waals surface area contributed by atoms with Gasteiger partial charge in [-0.15, -0.1) is 0 Å². The summed E-state index contributed by atoms with van der Waals surface area (Å²) in [6.07, 6.45) is -0.273. The first-order valence-electron chi connectivity index (χ1n) is 8.72. The van der Waals surface area contributed by atoms with Gasteiger partial charge in [0.2, 0.25) is 5.75 Å². The van der Waals surface area contributed by atoms with Crippen molar-refractivity contribution in [2.75, 3.05) is 34.9 Å². The highest BCUT2D eigenvalue weighted by molar-refractivity contribution is 5.91. The number of methoxy groups -OCH3 is 3. The number of nitrogens with zero attached hydrogens (tertiary/aromatic N) is 1. The lowest BCUT2D eigenvalue weighted by Crippen LogP contribution is -2.30. The first-order chi connectivity index (χ1) is 13.0. The van der Waals surface area contributed by atoms with Gasteiger partial charge in [-0.25, -0.2) is 4.79 Å². The van der Waals surface area contributed by atoms with Crippen LogP contribution in [0.5, 0.6) is 17.2 Å². The highest BCUT2D eigenvalue weighted by Gasteiger charge is 2.20. The number of carbonyl (C=O) groups excluding carboxylic acids is 1. The van der Waals surface area contributed by atoms with Gasteiger partial charge >= 0.3 is 5.97 Å². The maximum Gasteiger partial charge on any atom is 0.338 e. The fourth-order valence-corrected chi connectivity index (χ4v) is 2.89. The SMILES string of the molecule is COc1cc(C(=O)O[C@H](C)CN(C)Cc2ccccc2)cc(OC)c1OC. The van der Waals surface area contributed by atoms with Crippen molar-refractivity contribution in [3.8, 4) is 17.2 Å². The summed E-state index contributed by atoms with van der Waals surface area (Å²) in [5.41, 5.74) is 1.56. The fourth-order valence-electron chi connectivity index (χ4n) is 2.89. The minimum absolute atomic E-state index is 0.273. The maximum absolute atomic E-state index is 12.5. The van der Waals surface area contributed by atoms with Crippen molar-refractivity contribution < 1.29 is 23.7 Å². The van der Waals surface area contributed by atoms with Crippen molar-refractivity contribution in [2.45, 2.75) is 19.6 Å². The van der Waals surface area contributed by atoms with Crippen LogP contribution in [0.4, 0.5) is 0 Å². The topological polar surface area (TPSA) is 57.2 Å². The summed E-state index contributed by atoms with van der Waals surface area (Å²) in [6, 6.07) is 13.3. The van der Waals surface area contributed by atoms with Crippen LogP contribution in [-0.2, 0) is 11.3 Å². The maximum atomic E-state index is 12.5. The first kappa shape index (κ1) is 20.6. The molecule has 6 nitrogen and oxygen atoms in total. The smallest absolute Gasteiger partial charge is 0.338 e. The Labute approximate surface area is 160 Å². The molecule has 0 aliphatic carbocycles. The van der Waals surface area contributed by atoms with E-state index in [4.69, 9.17) is 18.9 Å². The highest BCUT2D eigenvalue weighted by Crippen LogP contribution is 2.38. The third-order valence-electron chi connectivity index (χ3n) is 4.07. The van der Waals surface area contributed by atoms with Gasteiger partial charge in [-0.1, -0.05) is 30.3 Å². The molecule has 0 saturated heterocycles. The van der Waals surface area contributed by atoms with Gasteiger partial charge in [0.25, 0.3) is 0 Å². The van der Waals surface area contributed by atoms with E-state index in [1.54, 1.807) is 12.1 Å². The first-order valence-corrected chi connectivity index (χ1v) is 8.72. The highest BCUT2D eigenvalue weighted by atomic mass is 16.5. The summed E-state index contributed by atoms with van der Waals surface area (Å²) in [5, 5.41) is 0. The summed E-state index contributed by atoms with van der Waals surface area (Å²) in [7, 11) is 6.53. The van der Waals surface area contributed by atoms with Crippen molar-refractivity contribution in [1.29, 1.82) is 0 Å². The van der Waals surface area contributed by atoms with Gasteiger partial charge in [-0.3, -0.25) is 4.90 Å². The number of esters is 1. The molecule has 0 saturated carbocycles. The van der Waals surface area contributed by atoms with Gasteiger partial charge < -0.3 is 18.9 Å². The van der Waals surface area contributed by atoms with Gasteiger partial charge in [0.05, 0.1) is 26.9 Å². The zero-order valence-corrected chi connectivity index (χ0v) is 16.5. The second-order valence-corrected chi connectivity index (χ2v) is 6.31. The lowest BCUT2D eigenvalue weighted by atomic mass is 10.1. The average molecular weight is 373 g/mol. The van der Waals surface area contributed by atoms with Crippen LogP contribution in [0.3, 0.4) is 0 Å². The van der Waals surface area contributed by atoms with Crippen LogP contribution < -0.4 is 14.2 Å². The Balaban J connectivity index is 2.01. The van der Waals surface area contributed by atoms with E-state index in [0.29, 0.717) is 29.4 Å². The van der Waals surface area contributed by atoms with Gasteiger partial charge in [0, 0.05) is 13.1 Å². The van der Waals surface area contributed by atoms with Crippen LogP contribution in [0.15, 0.2) is 42.5 Å². The molecular formula is C21H27NO5. The molecule has 0 unspecified atom stereocenters. The van der Waals surface area contributed by atoms with Crippen molar-refractivity contribution in [2.24, 2.45) is 0 Å². The van der Waals surface area contributed by atoms with Crippen LogP contribution in [0.2, 0.25) is 0 Å². The third kappa shape index (κ3) is 5.62. The third-order valence-corrected chi connectivity index (χ3v) is 4.07. The van der Waals surface area contributed by atoms with Crippen LogP contribution in [-0.4, -0.2) is 51.9 Å². The molecule has 2 rings (SSSR count). The fraction of sp³-hybridized carbons (Fsp3) is 0.381. The number of carbonyl (C=O) groups is 1. The second kappa shape index (κ2) is 9.83. The number of hydrogen-bond donors (Lipinski definition) is 0. The number of likely N-dealkylation sites (N-methyl/N-ethyl adjacent to an activating group) is 1. The van der Waals surface area contributed by atoms with Crippen molar-refractivity contribution in [1.82, 2.24) is 4.90 Å². The van der Waals surface area contributed by atoms with E-state index >= 15 is 0 Å². The Hall–Kier alpha value is -2.73. The number of hydrogen-bond acceptors (Lipinski definition) is 6. The quantitative estimate of drug-likeness (QED) is 0.628. The van der Waals surface area contributed by atoms with Gasteiger partial charge in [0.15, 0.2) is 11.5 Å². The minimum atomic E-state index is -0.435. The van der Waals surface area contributed by atoms with Crippen LogP contribution >= 0.6 is 0 Å². The molecule has 0 spiro atoms. The van der Waals surface area contributed by atoms with Crippen LogP contribution in [0.1, 0.15) is 22.8 Å². The van der Waals surface area contributed by atoms with Crippen LogP contribution in [0.25, 0.3) is 0 Å². The number of benzene rings is 2. The molecule has 146 valence electrons. The van der Waals surface area contributed by atoms with E-state index in [2.05, 4.69) is 17.0 Å². The molecule has 0 bridgehead atoms. The van der Waals surface area contributed by atoms with Crippen molar-refractivity contribution >= 4 is 5.97 Å². The summed E-state index contributed by atoms with van der Waals surface area (Å²) < 4.78 is 21.4. The van der Waals surface area contributed by atoms with Gasteiger partial charge in [-0.05, 0) is 31.7 Å². The average Bonchev–Trinajstić information content (AvgIpc) is 2.67. The Morgan fingerprint density at radius 3 is 2.11 bits per heavy atom. The predicted octanol–water partition coefficient (Wildman–Crippen LogP) is 3.39. The van der Waals surface area contributed by atoms with E-state index in [1.165, 1.54) is 26.9 Å². The lowest BCUT2D eigenvalue weighted by molar-refractivity contribution is 0.0267. The normalized spacial score (nSPS) is 11.8. The summed E-state index contributed by atoms with van der Waals surface area (Å²) in [5.74, 6) is 0.831. The molecule has 0 N–H and O–H groups in total. The molecule has 0 fully saturated rings. The molecule has 2 aromatic rings. The number of rotatable bonds is 9. The summed E-state index contributed by atoms with van der Waals surface area (Å²) in [4.78, 5) is 14.7. The second-order valence-electron chi connectivity index (χ2n) is 6.31. The molecule has 0 aliphatic heterocycles. The van der Waals surface area contributed by atoms with Crippen molar-refractivity contribution in [3.05, 3.63) is 53.6 Å². The Morgan fingerprint density at radius 2 is 1.59 bits per heavy atom. The van der Waals surface area contributed by atoms with Crippen molar-refractivity contribution in [3.63, 3.8) is 0 Å². The molecule has 0 aromatic heterocycles. The van der Waals surface area contributed by atoms with E-state index < -0.39 is 5.97 Å². The van der Waals surface area contributed by atoms with Gasteiger partial charge in [-0.2, -0.15) is 0 Å². The zero-order valence-electron chi connectivity index (χ0n) is 16.5. The Morgan fingerprint density at radius 1 is 1.00 bits per heavy atom. The Bertz CT molecular complexity index is 722. The standard InChI is InChI=1S/C21H27NO5/c1-15(13-22(2)14-16-9-7-6-8-10-16)27-21(23)17-11-18(24-3)20(26-5)19(12-17)25-4/h6-12,15H,13-14H2,1-5H3/t15-/m1/s1. The molecule has 0 amide bonds. The molecular weight excluding hydrogens is 346 g/mol. The number of ether oxygens (including phenoxy) is 4. The summed E-state index contributed by atoms with van der Waals surface area (Å²) >= 11 is 0. The predicted molar refractivity (Wildman–Crippen MR) is 104 cm³/mol. The molecule has 1 atom stereocenters. The summed E-state index contributed by atoms with van der Waals surface area (Å²) in [6.45, 7) is 3.27. The largest absolute Gasteiger partial charge is 0.493 e. The van der Waals surface area contributed by atoms with E-state index in [-0.39, 0.29) is 6.10 Å². The minimum Gasteiger partial charge on any atom is -0.493 e. The van der Waals surface area contributed by atoms with Gasteiger partial charge in [0.1, 0.15) is 6.10 Å². The molecule has 27 heavy (non-hydrogen) atoms. The molecule has 0 aliphatic rings. The van der Waals surface area contributed by atoms with E-state index in [0.717, 1.165) is 6.54 Å².